The standard InChI is InChI=1S/C20H22N4O/c1-14-9-11-15(12-10-14)18-19(24-13-5-4-8-17(24)22-18)23-20(25)21-16-6-2-3-7-16/h4-5,8-13,16H,2-3,6-7H2,1H3,(H2,21,23,25). The zero-order valence-corrected chi connectivity index (χ0v) is 14.3. The number of amides is 2. The largest absolute Gasteiger partial charge is 0.335 e. The minimum absolute atomic E-state index is 0.161. The van der Waals surface area contributed by atoms with Gasteiger partial charge in [-0.3, -0.25) is 9.72 Å². The molecule has 2 heterocycles. The lowest BCUT2D eigenvalue weighted by Gasteiger charge is -2.13. The molecule has 2 aromatic heterocycles. The second-order valence-corrected chi connectivity index (χ2v) is 6.68. The fourth-order valence-electron chi connectivity index (χ4n) is 3.43. The highest BCUT2D eigenvalue weighted by molar-refractivity contribution is 5.93. The molecule has 0 saturated heterocycles. The Bertz CT molecular complexity index is 892. The van der Waals surface area contributed by atoms with Crippen molar-refractivity contribution in [2.75, 3.05) is 5.32 Å². The summed E-state index contributed by atoms with van der Waals surface area (Å²) in [4.78, 5) is 17.2. The van der Waals surface area contributed by atoms with Crippen molar-refractivity contribution in [3.05, 3.63) is 54.2 Å². The number of aryl methyl sites for hydroxylation is 1. The molecular formula is C20H22N4O. The van der Waals surface area contributed by atoms with E-state index in [1.165, 1.54) is 18.4 Å². The van der Waals surface area contributed by atoms with Crippen molar-refractivity contribution in [3.8, 4) is 11.3 Å². The van der Waals surface area contributed by atoms with Gasteiger partial charge in [-0.05, 0) is 31.9 Å². The summed E-state index contributed by atoms with van der Waals surface area (Å²) in [6.07, 6.45) is 6.42. The van der Waals surface area contributed by atoms with Crippen LogP contribution in [0.15, 0.2) is 48.7 Å². The number of urea groups is 1. The molecule has 4 rings (SSSR count). The number of aromatic nitrogens is 2. The van der Waals surface area contributed by atoms with Crippen molar-refractivity contribution in [1.82, 2.24) is 14.7 Å². The Hall–Kier alpha value is -2.82. The van der Waals surface area contributed by atoms with Gasteiger partial charge in [-0.25, -0.2) is 9.78 Å². The number of hydrogen-bond donors (Lipinski definition) is 2. The number of hydrogen-bond acceptors (Lipinski definition) is 2. The fourth-order valence-corrected chi connectivity index (χ4v) is 3.43. The third-order valence-corrected chi connectivity index (χ3v) is 4.78. The van der Waals surface area contributed by atoms with Crippen LogP contribution in [-0.2, 0) is 0 Å². The second kappa shape index (κ2) is 6.59. The molecule has 5 nitrogen and oxygen atoms in total. The molecule has 1 aromatic carbocycles. The third kappa shape index (κ3) is 3.22. The number of nitrogens with zero attached hydrogens (tertiary/aromatic N) is 2. The lowest BCUT2D eigenvalue weighted by Crippen LogP contribution is -2.36. The zero-order chi connectivity index (χ0) is 17.2. The Morgan fingerprint density at radius 2 is 1.88 bits per heavy atom. The highest BCUT2D eigenvalue weighted by atomic mass is 16.2. The third-order valence-electron chi connectivity index (χ3n) is 4.78. The van der Waals surface area contributed by atoms with Crippen molar-refractivity contribution in [1.29, 1.82) is 0 Å². The van der Waals surface area contributed by atoms with Crippen molar-refractivity contribution >= 4 is 17.5 Å². The summed E-state index contributed by atoms with van der Waals surface area (Å²) in [5.41, 5.74) is 3.79. The summed E-state index contributed by atoms with van der Waals surface area (Å²) in [6, 6.07) is 14.1. The van der Waals surface area contributed by atoms with Gasteiger partial charge in [0.1, 0.15) is 17.2 Å². The number of imidazole rings is 1. The molecule has 0 bridgehead atoms. The minimum atomic E-state index is -0.161. The average Bonchev–Trinajstić information content (AvgIpc) is 3.24. The summed E-state index contributed by atoms with van der Waals surface area (Å²) in [7, 11) is 0. The number of pyridine rings is 1. The van der Waals surface area contributed by atoms with Gasteiger partial charge in [0.2, 0.25) is 0 Å². The van der Waals surface area contributed by atoms with Gasteiger partial charge in [0.15, 0.2) is 0 Å². The maximum atomic E-state index is 12.5. The predicted octanol–water partition coefficient (Wildman–Crippen LogP) is 4.37. The predicted molar refractivity (Wildman–Crippen MR) is 99.8 cm³/mol. The normalized spacial score (nSPS) is 14.8. The van der Waals surface area contributed by atoms with Crippen LogP contribution in [0.1, 0.15) is 31.2 Å². The van der Waals surface area contributed by atoms with Gasteiger partial charge in [-0.2, -0.15) is 0 Å². The van der Waals surface area contributed by atoms with Crippen LogP contribution in [0, 0.1) is 6.92 Å². The van der Waals surface area contributed by atoms with Crippen molar-refractivity contribution in [2.45, 2.75) is 38.6 Å². The SMILES string of the molecule is Cc1ccc(-c2nc3ccccn3c2NC(=O)NC2CCCC2)cc1. The van der Waals surface area contributed by atoms with E-state index < -0.39 is 0 Å². The molecule has 0 spiro atoms. The van der Waals surface area contributed by atoms with Crippen LogP contribution in [0.3, 0.4) is 0 Å². The van der Waals surface area contributed by atoms with Gasteiger partial charge in [0.25, 0.3) is 0 Å². The maximum Gasteiger partial charge on any atom is 0.320 e. The first-order chi connectivity index (χ1) is 12.2. The first kappa shape index (κ1) is 15.7. The quantitative estimate of drug-likeness (QED) is 0.747. The summed E-state index contributed by atoms with van der Waals surface area (Å²) >= 11 is 0. The van der Waals surface area contributed by atoms with Gasteiger partial charge in [0.05, 0.1) is 0 Å². The molecule has 0 aliphatic heterocycles. The summed E-state index contributed by atoms with van der Waals surface area (Å²) in [5.74, 6) is 0.704. The van der Waals surface area contributed by atoms with E-state index in [2.05, 4.69) is 29.7 Å². The Balaban J connectivity index is 1.69. The number of benzene rings is 1. The Morgan fingerprint density at radius 3 is 2.64 bits per heavy atom. The minimum Gasteiger partial charge on any atom is -0.335 e. The Kier molecular flexibility index (Phi) is 4.14. The van der Waals surface area contributed by atoms with E-state index >= 15 is 0 Å². The van der Waals surface area contributed by atoms with Crippen molar-refractivity contribution < 1.29 is 4.79 Å². The van der Waals surface area contributed by atoms with Gasteiger partial charge in [0, 0.05) is 17.8 Å². The highest BCUT2D eigenvalue weighted by Gasteiger charge is 2.20. The number of carbonyl (C=O) groups excluding carboxylic acids is 1. The lowest BCUT2D eigenvalue weighted by atomic mass is 10.1. The maximum absolute atomic E-state index is 12.5. The summed E-state index contributed by atoms with van der Waals surface area (Å²) in [6.45, 7) is 2.06. The van der Waals surface area contributed by atoms with Crippen LogP contribution in [0.5, 0.6) is 0 Å². The smallest absolute Gasteiger partial charge is 0.320 e. The fraction of sp³-hybridized carbons (Fsp3) is 0.300. The van der Waals surface area contributed by atoms with Crippen LogP contribution >= 0.6 is 0 Å². The zero-order valence-electron chi connectivity index (χ0n) is 14.3. The number of nitrogens with one attached hydrogen (secondary N) is 2. The van der Waals surface area contributed by atoms with Crippen LogP contribution in [0.4, 0.5) is 10.6 Å². The van der Waals surface area contributed by atoms with Crippen LogP contribution in [-0.4, -0.2) is 21.5 Å². The molecule has 1 aliphatic rings. The number of carbonyl (C=O) groups is 1. The van der Waals surface area contributed by atoms with Gasteiger partial charge in [-0.15, -0.1) is 0 Å². The van der Waals surface area contributed by atoms with Gasteiger partial charge in [-0.1, -0.05) is 48.7 Å². The number of anilines is 1. The molecule has 2 N–H and O–H groups in total. The molecule has 1 aliphatic carbocycles. The molecule has 3 aromatic rings. The van der Waals surface area contributed by atoms with E-state index in [4.69, 9.17) is 4.98 Å². The van der Waals surface area contributed by atoms with E-state index in [0.717, 1.165) is 29.7 Å². The summed E-state index contributed by atoms with van der Waals surface area (Å²) in [5, 5.41) is 6.10. The molecule has 5 heteroatoms. The van der Waals surface area contributed by atoms with E-state index in [1.807, 2.05) is 40.9 Å². The highest BCUT2D eigenvalue weighted by Crippen LogP contribution is 2.29. The average molecular weight is 334 g/mol. The molecule has 0 unspecified atom stereocenters. The van der Waals surface area contributed by atoms with E-state index in [1.54, 1.807) is 0 Å². The van der Waals surface area contributed by atoms with Crippen molar-refractivity contribution in [3.63, 3.8) is 0 Å². The lowest BCUT2D eigenvalue weighted by molar-refractivity contribution is 0.248. The Morgan fingerprint density at radius 1 is 1.12 bits per heavy atom. The monoisotopic (exact) mass is 334 g/mol. The Labute approximate surface area is 147 Å². The van der Waals surface area contributed by atoms with Crippen LogP contribution < -0.4 is 10.6 Å². The van der Waals surface area contributed by atoms with E-state index in [9.17, 15) is 4.79 Å². The summed E-state index contributed by atoms with van der Waals surface area (Å²) < 4.78 is 1.92. The van der Waals surface area contributed by atoms with E-state index in [-0.39, 0.29) is 12.1 Å². The molecule has 2 amide bonds. The molecule has 1 saturated carbocycles. The van der Waals surface area contributed by atoms with Crippen molar-refractivity contribution in [2.24, 2.45) is 0 Å². The number of rotatable bonds is 3. The van der Waals surface area contributed by atoms with Crippen LogP contribution in [0.25, 0.3) is 16.9 Å². The van der Waals surface area contributed by atoms with E-state index in [0.29, 0.717) is 5.82 Å². The molecule has 25 heavy (non-hydrogen) atoms. The number of fused-ring (bicyclic) bond motifs is 1. The topological polar surface area (TPSA) is 58.4 Å². The molecular weight excluding hydrogens is 312 g/mol. The molecule has 0 atom stereocenters. The first-order valence-corrected chi connectivity index (χ1v) is 8.82. The first-order valence-electron chi connectivity index (χ1n) is 8.82. The van der Waals surface area contributed by atoms with Gasteiger partial charge >= 0.3 is 6.03 Å². The van der Waals surface area contributed by atoms with Gasteiger partial charge < -0.3 is 5.32 Å². The molecule has 128 valence electrons. The molecule has 1 fully saturated rings. The van der Waals surface area contributed by atoms with Crippen LogP contribution in [0.2, 0.25) is 0 Å². The second-order valence-electron chi connectivity index (χ2n) is 6.68. The molecule has 0 radical (unpaired) electrons.